The van der Waals surface area contributed by atoms with Crippen molar-refractivity contribution in [1.82, 2.24) is 0 Å². The Bertz CT molecular complexity index is 640. The molecule has 0 aliphatic rings. The molecule has 0 bridgehead atoms. The van der Waals surface area contributed by atoms with Gasteiger partial charge in [0.05, 0.1) is 36.5 Å². The van der Waals surface area contributed by atoms with E-state index in [0.717, 1.165) is 6.07 Å². The number of benzene rings is 1. The molecule has 6 N–H and O–H groups in total. The van der Waals surface area contributed by atoms with Crippen LogP contribution in [0.1, 0.15) is 76.1 Å². The van der Waals surface area contributed by atoms with Gasteiger partial charge in [0.15, 0.2) is 0 Å². The van der Waals surface area contributed by atoms with Crippen LogP contribution in [0, 0.1) is 22.7 Å². The third kappa shape index (κ3) is 11.6. The zero-order valence-corrected chi connectivity index (χ0v) is 20.5. The van der Waals surface area contributed by atoms with E-state index in [2.05, 4.69) is 0 Å². The number of carboxylic acid groups (broad SMARTS) is 2. The molecule has 8 heteroatoms. The van der Waals surface area contributed by atoms with E-state index in [9.17, 15) is 19.8 Å². The van der Waals surface area contributed by atoms with E-state index in [-0.39, 0.29) is 47.0 Å². The van der Waals surface area contributed by atoms with Crippen LogP contribution in [0.15, 0.2) is 24.3 Å². The van der Waals surface area contributed by atoms with Crippen LogP contribution in [-0.4, -0.2) is 68.0 Å². The molecule has 8 nitrogen and oxygen atoms in total. The first-order chi connectivity index (χ1) is 14.4. The normalized spacial score (nSPS) is 13.4. The fraction of sp³-hybridized carbons (Fsp3) is 0.667. The highest BCUT2D eigenvalue weighted by atomic mass is 16.4. The first-order valence-electron chi connectivity index (χ1n) is 10.6. The smallest absolute Gasteiger partial charge is 0.335 e. The summed E-state index contributed by atoms with van der Waals surface area (Å²) < 4.78 is 0. The standard InChI is InChI=1S/C8H6O4.2C8H18O2/c9-7(10)5-2-1-3-6(4-5)8(11)12;2*1-6(2)7(10)8(3,4)5-9/h1-4H,(H,9,10)(H,11,12);2*6-7,9-10H,5H2,1-4H3. The van der Waals surface area contributed by atoms with E-state index < -0.39 is 24.1 Å². The second-order valence-corrected chi connectivity index (χ2v) is 9.86. The minimum atomic E-state index is -1.13. The monoisotopic (exact) mass is 458 g/mol. The van der Waals surface area contributed by atoms with Crippen molar-refractivity contribution >= 4 is 11.9 Å². The number of carboxylic acids is 2. The lowest BCUT2D eigenvalue weighted by Gasteiger charge is -2.30. The molecule has 0 saturated carbocycles. The molecular formula is C24H42O8. The highest BCUT2D eigenvalue weighted by molar-refractivity contribution is 5.93. The van der Waals surface area contributed by atoms with Crippen LogP contribution >= 0.6 is 0 Å². The van der Waals surface area contributed by atoms with Gasteiger partial charge in [-0.3, -0.25) is 0 Å². The molecule has 2 atom stereocenters. The summed E-state index contributed by atoms with van der Waals surface area (Å²) in [5.74, 6) is -1.83. The van der Waals surface area contributed by atoms with Gasteiger partial charge in [-0.2, -0.15) is 0 Å². The van der Waals surface area contributed by atoms with E-state index >= 15 is 0 Å². The van der Waals surface area contributed by atoms with Gasteiger partial charge >= 0.3 is 11.9 Å². The fourth-order valence-electron chi connectivity index (χ4n) is 2.78. The minimum Gasteiger partial charge on any atom is -0.478 e. The first-order valence-corrected chi connectivity index (χ1v) is 10.6. The summed E-state index contributed by atoms with van der Waals surface area (Å²) in [5, 5.41) is 53.7. The van der Waals surface area contributed by atoms with Crippen molar-refractivity contribution < 1.29 is 40.2 Å². The SMILES string of the molecule is CC(C)C(O)C(C)(C)CO.CC(C)C(O)C(C)(C)CO.O=C(O)c1cccc(C(=O)O)c1. The summed E-state index contributed by atoms with van der Waals surface area (Å²) >= 11 is 0. The van der Waals surface area contributed by atoms with E-state index in [0.29, 0.717) is 0 Å². The maximum atomic E-state index is 10.4. The number of hydrogen-bond donors (Lipinski definition) is 6. The van der Waals surface area contributed by atoms with E-state index in [1.165, 1.54) is 18.2 Å². The topological polar surface area (TPSA) is 156 Å². The fourth-order valence-corrected chi connectivity index (χ4v) is 2.78. The molecule has 0 aliphatic heterocycles. The van der Waals surface area contributed by atoms with Gasteiger partial charge in [-0.15, -0.1) is 0 Å². The highest BCUT2D eigenvalue weighted by Crippen LogP contribution is 2.25. The van der Waals surface area contributed by atoms with Crippen LogP contribution in [0.25, 0.3) is 0 Å². The molecular weight excluding hydrogens is 416 g/mol. The number of hydrogen-bond acceptors (Lipinski definition) is 6. The Morgan fingerprint density at radius 3 is 1.19 bits per heavy atom. The molecule has 1 aromatic carbocycles. The van der Waals surface area contributed by atoms with Crippen molar-refractivity contribution in [3.05, 3.63) is 35.4 Å². The summed E-state index contributed by atoms with van der Waals surface area (Å²) in [6, 6.07) is 5.20. The molecule has 2 unspecified atom stereocenters. The number of carbonyl (C=O) groups is 2. The van der Waals surface area contributed by atoms with Gasteiger partial charge in [-0.1, -0.05) is 61.5 Å². The van der Waals surface area contributed by atoms with Gasteiger partial charge in [0.2, 0.25) is 0 Å². The van der Waals surface area contributed by atoms with Crippen LogP contribution in [-0.2, 0) is 0 Å². The van der Waals surface area contributed by atoms with Gasteiger partial charge in [-0.25, -0.2) is 9.59 Å². The van der Waals surface area contributed by atoms with Crippen molar-refractivity contribution in [2.45, 2.75) is 67.6 Å². The summed E-state index contributed by atoms with van der Waals surface area (Å²) in [4.78, 5) is 20.8. The Morgan fingerprint density at radius 2 is 1.03 bits per heavy atom. The van der Waals surface area contributed by atoms with Crippen molar-refractivity contribution in [3.63, 3.8) is 0 Å². The molecule has 186 valence electrons. The average molecular weight is 459 g/mol. The molecule has 1 rings (SSSR count). The Morgan fingerprint density at radius 1 is 0.750 bits per heavy atom. The Kier molecular flexibility index (Phi) is 14.3. The molecule has 0 aromatic heterocycles. The summed E-state index contributed by atoms with van der Waals surface area (Å²) in [6.45, 7) is 15.3. The van der Waals surface area contributed by atoms with E-state index in [4.69, 9.17) is 20.4 Å². The predicted molar refractivity (Wildman–Crippen MR) is 124 cm³/mol. The maximum absolute atomic E-state index is 10.4. The van der Waals surface area contributed by atoms with Crippen molar-refractivity contribution in [3.8, 4) is 0 Å². The number of rotatable bonds is 8. The molecule has 0 heterocycles. The predicted octanol–water partition coefficient (Wildman–Crippen LogP) is 3.13. The third-order valence-electron chi connectivity index (χ3n) is 5.04. The molecule has 0 amide bonds. The maximum Gasteiger partial charge on any atom is 0.335 e. The highest BCUT2D eigenvalue weighted by Gasteiger charge is 2.29. The van der Waals surface area contributed by atoms with Gasteiger partial charge in [0.1, 0.15) is 0 Å². The van der Waals surface area contributed by atoms with Crippen LogP contribution in [0.3, 0.4) is 0 Å². The molecule has 0 aliphatic carbocycles. The zero-order chi connectivity index (χ0) is 25.9. The second kappa shape index (κ2) is 14.2. The largest absolute Gasteiger partial charge is 0.478 e. The number of aliphatic hydroxyl groups excluding tert-OH is 4. The number of aromatic carboxylic acids is 2. The van der Waals surface area contributed by atoms with Crippen LogP contribution in [0.2, 0.25) is 0 Å². The lowest BCUT2D eigenvalue weighted by molar-refractivity contribution is -0.0204. The average Bonchev–Trinajstić information content (AvgIpc) is 2.73. The Balaban J connectivity index is 0. The molecule has 0 radical (unpaired) electrons. The quantitative estimate of drug-likeness (QED) is 0.347. The second-order valence-electron chi connectivity index (χ2n) is 9.86. The molecule has 1 aromatic rings. The van der Waals surface area contributed by atoms with E-state index in [1.54, 1.807) is 0 Å². The van der Waals surface area contributed by atoms with Crippen molar-refractivity contribution in [2.24, 2.45) is 22.7 Å². The van der Waals surface area contributed by atoms with Crippen molar-refractivity contribution in [1.29, 1.82) is 0 Å². The van der Waals surface area contributed by atoms with Crippen LogP contribution in [0.4, 0.5) is 0 Å². The molecule has 0 fully saturated rings. The van der Waals surface area contributed by atoms with E-state index in [1.807, 2.05) is 55.4 Å². The Hall–Kier alpha value is -2.00. The van der Waals surface area contributed by atoms with Gasteiger partial charge in [-0.05, 0) is 30.0 Å². The summed E-state index contributed by atoms with van der Waals surface area (Å²) in [5.41, 5.74) is -0.771. The minimum absolute atomic E-state index is 0.0186. The van der Waals surface area contributed by atoms with Crippen molar-refractivity contribution in [2.75, 3.05) is 13.2 Å². The molecule has 0 spiro atoms. The summed E-state index contributed by atoms with van der Waals surface area (Å²) in [7, 11) is 0. The van der Waals surface area contributed by atoms with Gasteiger partial charge in [0.25, 0.3) is 0 Å². The zero-order valence-electron chi connectivity index (χ0n) is 20.5. The van der Waals surface area contributed by atoms with Gasteiger partial charge in [0, 0.05) is 10.8 Å². The Labute approximate surface area is 191 Å². The summed E-state index contributed by atoms with van der Waals surface area (Å²) in [6.07, 6.45) is -0.838. The van der Waals surface area contributed by atoms with Crippen LogP contribution in [0.5, 0.6) is 0 Å². The molecule has 0 saturated heterocycles. The number of aliphatic hydroxyl groups is 4. The third-order valence-corrected chi connectivity index (χ3v) is 5.04. The first kappa shape index (κ1) is 32.2. The van der Waals surface area contributed by atoms with Gasteiger partial charge < -0.3 is 30.6 Å². The van der Waals surface area contributed by atoms with Crippen LogP contribution < -0.4 is 0 Å². The lowest BCUT2D eigenvalue weighted by Crippen LogP contribution is -2.36. The lowest BCUT2D eigenvalue weighted by atomic mass is 9.82. The molecule has 32 heavy (non-hydrogen) atoms.